The molecule has 2 fully saturated rings. The molecule has 1 amide bonds. The molecule has 1 saturated carbocycles. The van der Waals surface area contributed by atoms with E-state index in [0.29, 0.717) is 12.5 Å². The maximum atomic E-state index is 12.0. The van der Waals surface area contributed by atoms with Crippen molar-refractivity contribution in [2.45, 2.75) is 46.1 Å². The molecule has 0 aromatic carbocycles. The molecule has 2 atom stereocenters. The molecule has 19 heavy (non-hydrogen) atoms. The first-order valence-electron chi connectivity index (χ1n) is 6.83. The zero-order valence-corrected chi connectivity index (χ0v) is 12.2. The Labute approximate surface area is 114 Å². The second-order valence-electron chi connectivity index (χ2n) is 6.72. The number of nitrogens with zero attached hydrogens (tertiary/aromatic N) is 1. The Kier molecular flexibility index (Phi) is 3.49. The van der Waals surface area contributed by atoms with E-state index in [9.17, 15) is 9.59 Å². The van der Waals surface area contributed by atoms with E-state index in [1.807, 2.05) is 20.8 Å². The number of hydrogen-bond acceptors (Lipinski definition) is 4. The predicted octanol–water partition coefficient (Wildman–Crippen LogP) is 2.20. The van der Waals surface area contributed by atoms with Crippen molar-refractivity contribution < 1.29 is 19.1 Å². The quantitative estimate of drug-likeness (QED) is 0.721. The first-order chi connectivity index (χ1) is 8.72. The minimum atomic E-state index is -0.451. The van der Waals surface area contributed by atoms with Crippen molar-refractivity contribution in [3.63, 3.8) is 0 Å². The molecule has 5 heteroatoms. The van der Waals surface area contributed by atoms with Crippen LogP contribution in [0, 0.1) is 11.3 Å². The fraction of sp³-hybridized carbons (Fsp3) is 0.857. The SMILES string of the molecule is CC(=O)OCC1CC12CCN(C(=O)OC(C)(C)C)C2. The van der Waals surface area contributed by atoms with Crippen molar-refractivity contribution in [1.29, 1.82) is 0 Å². The molecule has 1 aliphatic heterocycles. The molecule has 108 valence electrons. The van der Waals surface area contributed by atoms with Crippen molar-refractivity contribution in [2.24, 2.45) is 11.3 Å². The number of carbonyl (C=O) groups excluding carboxylic acids is 2. The summed E-state index contributed by atoms with van der Waals surface area (Å²) in [4.78, 5) is 24.5. The van der Waals surface area contributed by atoms with Crippen LogP contribution in [0.2, 0.25) is 0 Å². The number of likely N-dealkylation sites (tertiary alicyclic amines) is 1. The summed E-state index contributed by atoms with van der Waals surface area (Å²) < 4.78 is 10.4. The van der Waals surface area contributed by atoms with Gasteiger partial charge in [-0.15, -0.1) is 0 Å². The van der Waals surface area contributed by atoms with Crippen molar-refractivity contribution in [3.8, 4) is 0 Å². The molecular formula is C14H23NO4. The minimum absolute atomic E-state index is 0.173. The van der Waals surface area contributed by atoms with Crippen LogP contribution in [0.25, 0.3) is 0 Å². The van der Waals surface area contributed by atoms with E-state index >= 15 is 0 Å². The van der Waals surface area contributed by atoms with E-state index in [1.165, 1.54) is 6.92 Å². The molecule has 1 aliphatic carbocycles. The van der Waals surface area contributed by atoms with Crippen molar-refractivity contribution in [3.05, 3.63) is 0 Å². The molecule has 0 aromatic heterocycles. The lowest BCUT2D eigenvalue weighted by Crippen LogP contribution is -2.35. The highest BCUT2D eigenvalue weighted by Crippen LogP contribution is 2.58. The Bertz CT molecular complexity index is 387. The number of carbonyl (C=O) groups is 2. The van der Waals surface area contributed by atoms with Crippen LogP contribution in [0.1, 0.15) is 40.5 Å². The highest BCUT2D eigenvalue weighted by atomic mass is 16.6. The van der Waals surface area contributed by atoms with Crippen molar-refractivity contribution in [1.82, 2.24) is 4.90 Å². The molecule has 1 heterocycles. The molecule has 1 saturated heterocycles. The fourth-order valence-electron chi connectivity index (χ4n) is 2.76. The van der Waals surface area contributed by atoms with Crippen LogP contribution in [-0.4, -0.2) is 42.3 Å². The van der Waals surface area contributed by atoms with Crippen LogP contribution in [-0.2, 0) is 14.3 Å². The van der Waals surface area contributed by atoms with Crippen LogP contribution in [0.4, 0.5) is 4.79 Å². The monoisotopic (exact) mass is 269 g/mol. The van der Waals surface area contributed by atoms with Crippen molar-refractivity contribution >= 4 is 12.1 Å². The van der Waals surface area contributed by atoms with E-state index in [-0.39, 0.29) is 17.5 Å². The van der Waals surface area contributed by atoms with Gasteiger partial charge in [0.1, 0.15) is 5.60 Å². The molecule has 1 spiro atoms. The first kappa shape index (κ1) is 14.2. The third-order valence-electron chi connectivity index (χ3n) is 3.88. The average Bonchev–Trinajstić information content (AvgIpc) is 2.71. The summed E-state index contributed by atoms with van der Waals surface area (Å²) in [6.07, 6.45) is 1.79. The lowest BCUT2D eigenvalue weighted by Gasteiger charge is -2.24. The van der Waals surface area contributed by atoms with Crippen LogP contribution in [0.3, 0.4) is 0 Å². The van der Waals surface area contributed by atoms with E-state index < -0.39 is 5.60 Å². The van der Waals surface area contributed by atoms with Gasteiger partial charge in [-0.05, 0) is 39.0 Å². The molecule has 2 aliphatic rings. The number of hydrogen-bond donors (Lipinski definition) is 0. The smallest absolute Gasteiger partial charge is 0.410 e. The summed E-state index contributed by atoms with van der Waals surface area (Å²) in [5, 5.41) is 0. The van der Waals surface area contributed by atoms with Gasteiger partial charge in [-0.1, -0.05) is 0 Å². The lowest BCUT2D eigenvalue weighted by atomic mass is 10.0. The zero-order chi connectivity index (χ0) is 14.3. The summed E-state index contributed by atoms with van der Waals surface area (Å²) in [5.74, 6) is 0.174. The van der Waals surface area contributed by atoms with E-state index in [0.717, 1.165) is 25.9 Å². The van der Waals surface area contributed by atoms with Crippen molar-refractivity contribution in [2.75, 3.05) is 19.7 Å². The van der Waals surface area contributed by atoms with Crippen LogP contribution in [0.5, 0.6) is 0 Å². The maximum absolute atomic E-state index is 12.0. The Balaban J connectivity index is 1.81. The maximum Gasteiger partial charge on any atom is 0.410 e. The Hall–Kier alpha value is -1.26. The van der Waals surface area contributed by atoms with Gasteiger partial charge in [0.2, 0.25) is 0 Å². The first-order valence-corrected chi connectivity index (χ1v) is 6.83. The van der Waals surface area contributed by atoms with E-state index in [4.69, 9.17) is 9.47 Å². The summed E-state index contributed by atoms with van der Waals surface area (Å²) in [6.45, 7) is 9.00. The summed E-state index contributed by atoms with van der Waals surface area (Å²) in [6, 6.07) is 0. The zero-order valence-electron chi connectivity index (χ0n) is 12.2. The van der Waals surface area contributed by atoms with Gasteiger partial charge in [0.25, 0.3) is 0 Å². The number of ether oxygens (including phenoxy) is 2. The Morgan fingerprint density at radius 1 is 1.37 bits per heavy atom. The Morgan fingerprint density at radius 3 is 2.63 bits per heavy atom. The molecule has 5 nitrogen and oxygen atoms in total. The number of amides is 1. The van der Waals surface area contributed by atoms with Crippen LogP contribution < -0.4 is 0 Å². The molecule has 0 N–H and O–H groups in total. The fourth-order valence-corrected chi connectivity index (χ4v) is 2.76. The van der Waals surface area contributed by atoms with E-state index in [1.54, 1.807) is 4.90 Å². The van der Waals surface area contributed by atoms with Crippen LogP contribution >= 0.6 is 0 Å². The predicted molar refractivity (Wildman–Crippen MR) is 69.6 cm³/mol. The highest BCUT2D eigenvalue weighted by molar-refractivity contribution is 5.69. The van der Waals surface area contributed by atoms with Gasteiger partial charge < -0.3 is 14.4 Å². The second kappa shape index (κ2) is 4.69. The summed E-state index contributed by atoms with van der Waals surface area (Å²) >= 11 is 0. The third kappa shape index (κ3) is 3.39. The summed E-state index contributed by atoms with van der Waals surface area (Å²) in [5.41, 5.74) is -0.278. The molecule has 2 rings (SSSR count). The number of esters is 1. The largest absolute Gasteiger partial charge is 0.466 e. The third-order valence-corrected chi connectivity index (χ3v) is 3.88. The highest BCUT2D eigenvalue weighted by Gasteiger charge is 2.58. The van der Waals surface area contributed by atoms with Gasteiger partial charge in [0.15, 0.2) is 0 Å². The molecule has 0 aromatic rings. The second-order valence-corrected chi connectivity index (χ2v) is 6.72. The molecule has 0 bridgehead atoms. The van der Waals surface area contributed by atoms with Gasteiger partial charge in [0, 0.05) is 25.9 Å². The topological polar surface area (TPSA) is 55.8 Å². The average molecular weight is 269 g/mol. The normalized spacial score (nSPS) is 29.5. The van der Waals surface area contributed by atoms with E-state index in [2.05, 4.69) is 0 Å². The van der Waals surface area contributed by atoms with Gasteiger partial charge in [-0.25, -0.2) is 4.79 Å². The van der Waals surface area contributed by atoms with Gasteiger partial charge in [0.05, 0.1) is 6.61 Å². The standard InChI is InChI=1S/C14H23NO4/c1-10(16)18-8-11-7-14(11)5-6-15(9-14)12(17)19-13(2,3)4/h11H,5-9H2,1-4H3. The van der Waals surface area contributed by atoms with Crippen LogP contribution in [0.15, 0.2) is 0 Å². The number of rotatable bonds is 2. The van der Waals surface area contributed by atoms with Gasteiger partial charge >= 0.3 is 12.1 Å². The Morgan fingerprint density at radius 2 is 2.05 bits per heavy atom. The van der Waals surface area contributed by atoms with Gasteiger partial charge in [-0.3, -0.25) is 4.79 Å². The molecule has 2 unspecified atom stereocenters. The minimum Gasteiger partial charge on any atom is -0.466 e. The summed E-state index contributed by atoms with van der Waals surface area (Å²) in [7, 11) is 0. The lowest BCUT2D eigenvalue weighted by molar-refractivity contribution is -0.141. The molecular weight excluding hydrogens is 246 g/mol. The van der Waals surface area contributed by atoms with Gasteiger partial charge in [-0.2, -0.15) is 0 Å². The molecule has 0 radical (unpaired) electrons.